The third kappa shape index (κ3) is 7.51. The minimum absolute atomic E-state index is 0. The van der Waals surface area contributed by atoms with Crippen molar-refractivity contribution in [1.29, 1.82) is 0 Å². The standard InChI is InChI=1S/C18H32N6O.HI/c1-3-16(24-15-5-8-17(24)25)9-12-21-18(19-4-2)20-10-6-13-23-14-7-11-22-23;/h7,11,14,16H,3-6,8-10,12-13,15H2,1-2H3,(H2,19,20,21);1H. The van der Waals surface area contributed by atoms with Crippen molar-refractivity contribution >= 4 is 35.8 Å². The highest BCUT2D eigenvalue weighted by Crippen LogP contribution is 2.17. The van der Waals surface area contributed by atoms with Gasteiger partial charge in [-0.2, -0.15) is 5.10 Å². The number of halogens is 1. The number of amides is 1. The predicted molar refractivity (Wildman–Crippen MR) is 116 cm³/mol. The highest BCUT2D eigenvalue weighted by molar-refractivity contribution is 14.0. The molecule has 1 saturated heterocycles. The van der Waals surface area contributed by atoms with Crippen LogP contribution in [-0.4, -0.2) is 58.8 Å². The number of carbonyl (C=O) groups is 1. The summed E-state index contributed by atoms with van der Waals surface area (Å²) in [7, 11) is 0. The second kappa shape index (κ2) is 12.9. The number of guanidine groups is 1. The third-order valence-electron chi connectivity index (χ3n) is 4.51. The first-order chi connectivity index (χ1) is 12.2. The number of nitrogens with one attached hydrogen (secondary N) is 2. The van der Waals surface area contributed by atoms with Crippen molar-refractivity contribution in [3.8, 4) is 0 Å². The van der Waals surface area contributed by atoms with Crippen LogP contribution in [0.5, 0.6) is 0 Å². The highest BCUT2D eigenvalue weighted by Gasteiger charge is 2.26. The van der Waals surface area contributed by atoms with Gasteiger partial charge >= 0.3 is 0 Å². The van der Waals surface area contributed by atoms with Crippen LogP contribution >= 0.6 is 24.0 Å². The van der Waals surface area contributed by atoms with E-state index in [1.54, 1.807) is 6.20 Å². The first-order valence-corrected chi connectivity index (χ1v) is 9.53. The van der Waals surface area contributed by atoms with Gasteiger partial charge in [0.05, 0.1) is 0 Å². The molecule has 0 aliphatic carbocycles. The Hall–Kier alpha value is -1.32. The van der Waals surface area contributed by atoms with Crippen molar-refractivity contribution in [1.82, 2.24) is 25.3 Å². The van der Waals surface area contributed by atoms with Gasteiger partial charge < -0.3 is 15.5 Å². The smallest absolute Gasteiger partial charge is 0.222 e. The van der Waals surface area contributed by atoms with E-state index in [9.17, 15) is 4.79 Å². The number of carbonyl (C=O) groups excluding carboxylic acids is 1. The monoisotopic (exact) mass is 476 g/mol. The second-order valence-electron chi connectivity index (χ2n) is 6.35. The fourth-order valence-corrected chi connectivity index (χ4v) is 3.19. The minimum atomic E-state index is 0. The molecule has 148 valence electrons. The predicted octanol–water partition coefficient (Wildman–Crippen LogP) is 2.24. The topological polar surface area (TPSA) is 74.6 Å². The molecule has 0 spiro atoms. The Bertz CT molecular complexity index is 534. The van der Waals surface area contributed by atoms with E-state index in [0.29, 0.717) is 18.4 Å². The third-order valence-corrected chi connectivity index (χ3v) is 4.51. The molecule has 0 bridgehead atoms. The molecule has 1 atom stereocenters. The molecule has 2 N–H and O–H groups in total. The van der Waals surface area contributed by atoms with Crippen LogP contribution in [0.1, 0.15) is 46.0 Å². The van der Waals surface area contributed by atoms with E-state index >= 15 is 0 Å². The lowest BCUT2D eigenvalue weighted by Gasteiger charge is -2.27. The fourth-order valence-electron chi connectivity index (χ4n) is 3.19. The Morgan fingerprint density at radius 3 is 2.85 bits per heavy atom. The molecule has 1 aromatic rings. The van der Waals surface area contributed by atoms with Gasteiger partial charge in [-0.1, -0.05) is 6.92 Å². The van der Waals surface area contributed by atoms with Crippen LogP contribution in [0.3, 0.4) is 0 Å². The van der Waals surface area contributed by atoms with Gasteiger partial charge in [0, 0.05) is 57.6 Å². The quantitative estimate of drug-likeness (QED) is 0.235. The average Bonchev–Trinajstić information content (AvgIpc) is 3.27. The first-order valence-electron chi connectivity index (χ1n) is 9.53. The number of rotatable bonds is 10. The molecule has 1 fully saturated rings. The number of hydrogen-bond acceptors (Lipinski definition) is 3. The molecule has 7 nitrogen and oxygen atoms in total. The lowest BCUT2D eigenvalue weighted by atomic mass is 10.1. The lowest BCUT2D eigenvalue weighted by molar-refractivity contribution is -0.129. The summed E-state index contributed by atoms with van der Waals surface area (Å²) in [6, 6.07) is 2.27. The number of aliphatic imine (C=N–C) groups is 1. The minimum Gasteiger partial charge on any atom is -0.357 e. The summed E-state index contributed by atoms with van der Waals surface area (Å²) in [5, 5.41) is 10.9. The molecule has 1 amide bonds. The normalized spacial score (nSPS) is 15.7. The van der Waals surface area contributed by atoms with Crippen LogP contribution in [0.25, 0.3) is 0 Å². The summed E-state index contributed by atoms with van der Waals surface area (Å²) in [4.78, 5) is 18.6. The fraction of sp³-hybridized carbons (Fsp3) is 0.722. The molecule has 2 heterocycles. The number of hydrogen-bond donors (Lipinski definition) is 2. The molecule has 1 aliphatic rings. The van der Waals surface area contributed by atoms with Gasteiger partial charge in [0.25, 0.3) is 0 Å². The van der Waals surface area contributed by atoms with Gasteiger partial charge in [-0.25, -0.2) is 0 Å². The molecule has 0 saturated carbocycles. The first kappa shape index (κ1) is 22.7. The van der Waals surface area contributed by atoms with Crippen LogP contribution in [0, 0.1) is 0 Å². The maximum Gasteiger partial charge on any atom is 0.222 e. The Balaban J connectivity index is 0.00000338. The van der Waals surface area contributed by atoms with E-state index in [2.05, 4.69) is 39.5 Å². The largest absolute Gasteiger partial charge is 0.357 e. The van der Waals surface area contributed by atoms with Crippen LogP contribution in [0.4, 0.5) is 0 Å². The molecule has 8 heteroatoms. The maximum absolute atomic E-state index is 11.9. The molecular formula is C18H33IN6O. The number of nitrogens with zero attached hydrogens (tertiary/aromatic N) is 4. The van der Waals surface area contributed by atoms with Crippen molar-refractivity contribution in [2.45, 2.75) is 58.5 Å². The summed E-state index contributed by atoms with van der Waals surface area (Å²) in [6.07, 6.45) is 8.40. The number of likely N-dealkylation sites (tertiary alicyclic amines) is 1. The zero-order valence-electron chi connectivity index (χ0n) is 16.0. The molecule has 0 aromatic carbocycles. The lowest BCUT2D eigenvalue weighted by Crippen LogP contribution is -2.42. The Labute approximate surface area is 174 Å². The van der Waals surface area contributed by atoms with Gasteiger partial charge in [0.15, 0.2) is 5.96 Å². The van der Waals surface area contributed by atoms with E-state index < -0.39 is 0 Å². The Kier molecular flexibility index (Phi) is 11.3. The van der Waals surface area contributed by atoms with Gasteiger partial charge in [0.1, 0.15) is 0 Å². The van der Waals surface area contributed by atoms with Crippen molar-refractivity contribution in [2.24, 2.45) is 4.99 Å². The van der Waals surface area contributed by atoms with E-state index in [4.69, 9.17) is 0 Å². The van der Waals surface area contributed by atoms with Gasteiger partial charge in [0.2, 0.25) is 5.91 Å². The van der Waals surface area contributed by atoms with E-state index in [-0.39, 0.29) is 24.0 Å². The summed E-state index contributed by atoms with van der Waals surface area (Å²) in [5.74, 6) is 1.16. The summed E-state index contributed by atoms with van der Waals surface area (Å²) < 4.78 is 1.93. The molecule has 1 aliphatic heterocycles. The number of aryl methyl sites for hydroxylation is 1. The zero-order chi connectivity index (χ0) is 17.9. The van der Waals surface area contributed by atoms with E-state index in [1.807, 2.05) is 16.9 Å². The van der Waals surface area contributed by atoms with Crippen LogP contribution in [0.15, 0.2) is 23.5 Å². The van der Waals surface area contributed by atoms with E-state index in [0.717, 1.165) is 64.4 Å². The van der Waals surface area contributed by atoms with Crippen molar-refractivity contribution in [3.63, 3.8) is 0 Å². The van der Waals surface area contributed by atoms with Crippen molar-refractivity contribution < 1.29 is 4.79 Å². The van der Waals surface area contributed by atoms with E-state index in [1.165, 1.54) is 0 Å². The van der Waals surface area contributed by atoms with Crippen molar-refractivity contribution in [2.75, 3.05) is 26.2 Å². The Morgan fingerprint density at radius 2 is 2.23 bits per heavy atom. The molecule has 26 heavy (non-hydrogen) atoms. The second-order valence-corrected chi connectivity index (χ2v) is 6.35. The molecule has 2 rings (SSSR count). The van der Waals surface area contributed by atoms with Crippen LogP contribution in [0.2, 0.25) is 0 Å². The molecule has 1 unspecified atom stereocenters. The van der Waals surface area contributed by atoms with Gasteiger partial charge in [-0.15, -0.1) is 24.0 Å². The van der Waals surface area contributed by atoms with Gasteiger partial charge in [-0.05, 0) is 38.7 Å². The zero-order valence-corrected chi connectivity index (χ0v) is 18.3. The SMILES string of the molecule is CCNC(=NCCCn1cccn1)NCCC(CC)N1CCCC1=O.I. The van der Waals surface area contributed by atoms with Gasteiger partial charge in [-0.3, -0.25) is 14.5 Å². The molecule has 0 radical (unpaired) electrons. The van der Waals surface area contributed by atoms with Crippen LogP contribution < -0.4 is 10.6 Å². The van der Waals surface area contributed by atoms with Crippen LogP contribution in [-0.2, 0) is 11.3 Å². The average molecular weight is 476 g/mol. The maximum atomic E-state index is 11.9. The highest BCUT2D eigenvalue weighted by atomic mass is 127. The summed E-state index contributed by atoms with van der Waals surface area (Å²) in [6.45, 7) is 8.45. The summed E-state index contributed by atoms with van der Waals surface area (Å²) >= 11 is 0. The molecule has 1 aromatic heterocycles. The van der Waals surface area contributed by atoms with Crippen molar-refractivity contribution in [3.05, 3.63) is 18.5 Å². The summed E-state index contributed by atoms with van der Waals surface area (Å²) in [5.41, 5.74) is 0. The molecular weight excluding hydrogens is 443 g/mol. The number of aromatic nitrogens is 2. The Morgan fingerprint density at radius 1 is 1.38 bits per heavy atom.